The van der Waals surface area contributed by atoms with Crippen LogP contribution in [0.3, 0.4) is 0 Å². The van der Waals surface area contributed by atoms with Crippen LogP contribution in [0.1, 0.15) is 18.6 Å². The van der Waals surface area contributed by atoms with Crippen LogP contribution in [0.5, 0.6) is 5.75 Å². The normalized spacial score (nSPS) is 17.2. The minimum Gasteiger partial charge on any atom is -0.494 e. The summed E-state index contributed by atoms with van der Waals surface area (Å²) < 4.78 is 37.5. The Morgan fingerprint density at radius 1 is 1.33 bits per heavy atom. The molecule has 0 atom stereocenters. The first kappa shape index (κ1) is 17.3. The zero-order valence-electron chi connectivity index (χ0n) is 13.6. The molecule has 0 aromatic carbocycles. The third kappa shape index (κ3) is 3.46. The number of hydrogen-bond donors (Lipinski definition) is 0. The summed E-state index contributed by atoms with van der Waals surface area (Å²) in [5.41, 5.74) is 0. The van der Waals surface area contributed by atoms with E-state index in [-0.39, 0.29) is 4.21 Å². The molecule has 0 amide bonds. The second-order valence-corrected chi connectivity index (χ2v) is 8.46. The van der Waals surface area contributed by atoms with Gasteiger partial charge in [-0.1, -0.05) is 12.1 Å². The Labute approximate surface area is 145 Å². The fourth-order valence-electron chi connectivity index (χ4n) is 2.57. The van der Waals surface area contributed by atoms with Crippen molar-refractivity contribution in [1.29, 1.82) is 0 Å². The molecule has 3 heterocycles. The molecule has 1 fully saturated rings. The molecule has 0 spiro atoms. The van der Waals surface area contributed by atoms with Gasteiger partial charge in [-0.3, -0.25) is 4.90 Å². The van der Waals surface area contributed by atoms with Crippen molar-refractivity contribution in [2.45, 2.75) is 24.1 Å². The van der Waals surface area contributed by atoms with E-state index in [0.717, 1.165) is 0 Å². The minimum absolute atomic E-state index is 0.268. The van der Waals surface area contributed by atoms with Crippen LogP contribution in [0, 0.1) is 0 Å². The van der Waals surface area contributed by atoms with Crippen molar-refractivity contribution in [3.8, 4) is 5.75 Å². The van der Waals surface area contributed by atoms with Gasteiger partial charge in [0, 0.05) is 32.6 Å². The molecular weight excluding hydrogens is 352 g/mol. The first-order valence-electron chi connectivity index (χ1n) is 7.70. The van der Waals surface area contributed by atoms with Gasteiger partial charge in [0.15, 0.2) is 10.0 Å². The average Bonchev–Trinajstić information content (AvgIpc) is 3.24. The molecule has 1 aliphatic heterocycles. The highest BCUT2D eigenvalue weighted by Gasteiger charge is 2.32. The third-order valence-electron chi connectivity index (χ3n) is 3.90. The predicted octanol–water partition coefficient (Wildman–Crippen LogP) is 1.21. The lowest BCUT2D eigenvalue weighted by molar-refractivity contribution is 0.176. The van der Waals surface area contributed by atoms with E-state index in [4.69, 9.17) is 9.26 Å². The maximum absolute atomic E-state index is 12.7. The van der Waals surface area contributed by atoms with Crippen LogP contribution in [0.4, 0.5) is 0 Å². The first-order valence-corrected chi connectivity index (χ1v) is 10.0. The van der Waals surface area contributed by atoms with Crippen molar-refractivity contribution in [3.05, 3.63) is 23.2 Å². The number of rotatable bonds is 6. The lowest BCUT2D eigenvalue weighted by Gasteiger charge is -2.33. The number of piperazine rings is 1. The Balaban J connectivity index is 1.62. The molecular formula is C14H20N4O4S2. The minimum atomic E-state index is -3.51. The Kier molecular flexibility index (Phi) is 5.18. The quantitative estimate of drug-likeness (QED) is 0.753. The summed E-state index contributed by atoms with van der Waals surface area (Å²) in [5, 5.41) is 5.66. The van der Waals surface area contributed by atoms with Crippen molar-refractivity contribution in [2.24, 2.45) is 0 Å². The maximum atomic E-state index is 12.7. The molecule has 0 aliphatic carbocycles. The van der Waals surface area contributed by atoms with E-state index in [1.165, 1.54) is 22.8 Å². The van der Waals surface area contributed by atoms with E-state index in [0.29, 0.717) is 56.6 Å². The Bertz CT molecular complexity index is 778. The highest BCUT2D eigenvalue weighted by molar-refractivity contribution is 7.91. The molecule has 0 saturated carbocycles. The molecule has 1 aliphatic rings. The van der Waals surface area contributed by atoms with E-state index in [1.54, 1.807) is 11.4 Å². The number of aryl methyl sites for hydroxylation is 1. The third-order valence-corrected chi connectivity index (χ3v) is 7.22. The molecule has 0 radical (unpaired) electrons. The van der Waals surface area contributed by atoms with E-state index < -0.39 is 10.0 Å². The van der Waals surface area contributed by atoms with Gasteiger partial charge in [0.25, 0.3) is 10.0 Å². The van der Waals surface area contributed by atoms with Gasteiger partial charge in [-0.2, -0.15) is 9.29 Å². The average molecular weight is 372 g/mol. The van der Waals surface area contributed by atoms with E-state index in [2.05, 4.69) is 15.0 Å². The van der Waals surface area contributed by atoms with Crippen molar-refractivity contribution in [3.63, 3.8) is 0 Å². The molecule has 132 valence electrons. The Hall–Kier alpha value is -1.49. The van der Waals surface area contributed by atoms with E-state index in [9.17, 15) is 8.42 Å². The van der Waals surface area contributed by atoms with Crippen LogP contribution in [-0.4, -0.2) is 61.1 Å². The number of ether oxygens (including phenoxy) is 1. The second kappa shape index (κ2) is 7.18. The van der Waals surface area contributed by atoms with Crippen LogP contribution in [0.15, 0.2) is 20.2 Å². The zero-order valence-corrected chi connectivity index (χ0v) is 15.3. The Morgan fingerprint density at radius 2 is 2.08 bits per heavy atom. The summed E-state index contributed by atoms with van der Waals surface area (Å²) in [5.74, 6) is 1.67. The molecule has 1 saturated heterocycles. The lowest BCUT2D eigenvalue weighted by atomic mass is 10.3. The summed E-state index contributed by atoms with van der Waals surface area (Å²) >= 11 is 1.18. The molecule has 24 heavy (non-hydrogen) atoms. The summed E-state index contributed by atoms with van der Waals surface area (Å²) in [7, 11) is -2.03. The van der Waals surface area contributed by atoms with Crippen molar-refractivity contribution in [1.82, 2.24) is 19.3 Å². The van der Waals surface area contributed by atoms with Gasteiger partial charge >= 0.3 is 0 Å². The lowest BCUT2D eigenvalue weighted by Crippen LogP contribution is -2.48. The van der Waals surface area contributed by atoms with Crippen LogP contribution < -0.4 is 4.74 Å². The van der Waals surface area contributed by atoms with Gasteiger partial charge in [0.1, 0.15) is 5.75 Å². The summed E-state index contributed by atoms with van der Waals surface area (Å²) in [6, 6.07) is 1.68. The molecule has 3 rings (SSSR count). The molecule has 10 heteroatoms. The van der Waals surface area contributed by atoms with Crippen molar-refractivity contribution in [2.75, 3.05) is 33.3 Å². The molecule has 0 N–H and O–H groups in total. The zero-order chi connectivity index (χ0) is 17.2. The summed E-state index contributed by atoms with van der Waals surface area (Å²) in [4.78, 5) is 6.41. The molecule has 8 nitrogen and oxygen atoms in total. The van der Waals surface area contributed by atoms with Gasteiger partial charge in [-0.15, -0.1) is 11.3 Å². The number of methoxy groups -OCH3 is 1. The van der Waals surface area contributed by atoms with Crippen LogP contribution in [0.25, 0.3) is 0 Å². The number of nitrogens with zero attached hydrogens (tertiary/aromatic N) is 4. The second-order valence-electron chi connectivity index (χ2n) is 5.41. The number of sulfonamides is 1. The number of aromatic nitrogens is 2. The topological polar surface area (TPSA) is 88.8 Å². The highest BCUT2D eigenvalue weighted by atomic mass is 32.2. The van der Waals surface area contributed by atoms with Gasteiger partial charge in [-0.05, 0) is 11.4 Å². The first-order chi connectivity index (χ1) is 11.5. The predicted molar refractivity (Wildman–Crippen MR) is 88.6 cm³/mol. The standard InChI is InChI=1S/C14H20N4O4S2/c1-3-13-15-12(16-22-13)10-17-5-7-18(8-6-17)24(19,20)14-11(21-2)4-9-23-14/h4,9H,3,5-8,10H2,1-2H3. The van der Waals surface area contributed by atoms with Gasteiger partial charge < -0.3 is 9.26 Å². The number of thiophene rings is 1. The highest BCUT2D eigenvalue weighted by Crippen LogP contribution is 2.32. The maximum Gasteiger partial charge on any atom is 0.256 e. The van der Waals surface area contributed by atoms with Gasteiger partial charge in [-0.25, -0.2) is 8.42 Å². The fraction of sp³-hybridized carbons (Fsp3) is 0.571. The van der Waals surface area contributed by atoms with Gasteiger partial charge in [0.05, 0.1) is 13.7 Å². The SMILES string of the molecule is CCc1nc(CN2CCN(S(=O)(=O)c3sccc3OC)CC2)no1. The largest absolute Gasteiger partial charge is 0.494 e. The van der Waals surface area contributed by atoms with Crippen molar-refractivity contribution >= 4 is 21.4 Å². The smallest absolute Gasteiger partial charge is 0.256 e. The summed E-state index contributed by atoms with van der Waals surface area (Å²) in [6.45, 7) is 4.65. The Morgan fingerprint density at radius 3 is 2.71 bits per heavy atom. The molecule has 0 bridgehead atoms. The van der Waals surface area contributed by atoms with Gasteiger partial charge in [0.2, 0.25) is 5.89 Å². The van der Waals surface area contributed by atoms with Crippen LogP contribution in [0.2, 0.25) is 0 Å². The molecule has 0 unspecified atom stereocenters. The number of hydrogen-bond acceptors (Lipinski definition) is 8. The van der Waals surface area contributed by atoms with Crippen LogP contribution >= 0.6 is 11.3 Å². The fourth-order valence-corrected chi connectivity index (χ4v) is 5.40. The van der Waals surface area contributed by atoms with E-state index >= 15 is 0 Å². The van der Waals surface area contributed by atoms with Crippen LogP contribution in [-0.2, 0) is 23.0 Å². The molecule has 2 aromatic rings. The summed E-state index contributed by atoms with van der Waals surface area (Å²) in [6.07, 6.45) is 0.710. The molecule has 2 aromatic heterocycles. The monoisotopic (exact) mass is 372 g/mol. The van der Waals surface area contributed by atoms with Crippen molar-refractivity contribution < 1.29 is 17.7 Å². The van der Waals surface area contributed by atoms with E-state index in [1.807, 2.05) is 6.92 Å².